The Morgan fingerprint density at radius 3 is 2.58 bits per heavy atom. The summed E-state index contributed by atoms with van der Waals surface area (Å²) in [5.41, 5.74) is 0.322. The molecule has 0 fully saturated rings. The number of ether oxygens (including phenoxy) is 1. The van der Waals surface area contributed by atoms with Crippen LogP contribution in [0.5, 0.6) is 0 Å². The highest BCUT2D eigenvalue weighted by atomic mass is 16.6. The molecule has 1 unspecified atom stereocenters. The largest absolute Gasteiger partial charge is 0.467 e. The highest BCUT2D eigenvalue weighted by Gasteiger charge is 2.23. The van der Waals surface area contributed by atoms with Crippen LogP contribution in [0.15, 0.2) is 18.2 Å². The maximum absolute atomic E-state index is 11.9. The highest BCUT2D eigenvalue weighted by Crippen LogP contribution is 2.19. The quantitative estimate of drug-likeness (QED) is 0.501. The van der Waals surface area contributed by atoms with E-state index in [9.17, 15) is 19.7 Å². The zero-order chi connectivity index (χ0) is 14.6. The summed E-state index contributed by atoms with van der Waals surface area (Å²) >= 11 is 0. The number of benzene rings is 1. The number of nitrogens with one attached hydrogen (secondary N) is 1. The lowest BCUT2D eigenvalue weighted by atomic mass is 10.1. The molecule has 1 rings (SSSR count). The van der Waals surface area contributed by atoms with Crippen molar-refractivity contribution in [2.75, 3.05) is 7.11 Å². The SMILES string of the molecule is COC(=O)C(C)NC(=O)c1cc(C)ccc1[N+](=O)[O-]. The van der Waals surface area contributed by atoms with Crippen LogP contribution in [-0.4, -0.2) is 30.0 Å². The highest BCUT2D eigenvalue weighted by molar-refractivity contribution is 6.00. The van der Waals surface area contributed by atoms with Gasteiger partial charge in [0, 0.05) is 6.07 Å². The van der Waals surface area contributed by atoms with Crippen molar-refractivity contribution < 1.29 is 19.2 Å². The lowest BCUT2D eigenvalue weighted by Crippen LogP contribution is -2.39. The van der Waals surface area contributed by atoms with E-state index < -0.39 is 22.8 Å². The Morgan fingerprint density at radius 2 is 2.05 bits per heavy atom. The van der Waals surface area contributed by atoms with Crippen LogP contribution in [0.25, 0.3) is 0 Å². The Bertz CT molecular complexity index is 527. The maximum atomic E-state index is 11.9. The molecule has 0 aliphatic heterocycles. The van der Waals surface area contributed by atoms with Crippen molar-refractivity contribution in [1.29, 1.82) is 0 Å². The average molecular weight is 266 g/mol. The van der Waals surface area contributed by atoms with Crippen molar-refractivity contribution in [3.05, 3.63) is 39.4 Å². The van der Waals surface area contributed by atoms with Gasteiger partial charge < -0.3 is 10.1 Å². The number of nitrogens with zero attached hydrogens (tertiary/aromatic N) is 1. The minimum absolute atomic E-state index is 0.0826. The lowest BCUT2D eigenvalue weighted by Gasteiger charge is -2.11. The number of nitro benzene ring substituents is 1. The summed E-state index contributed by atoms with van der Waals surface area (Å²) in [5, 5.41) is 13.2. The molecule has 1 N–H and O–H groups in total. The molecular weight excluding hydrogens is 252 g/mol. The molecule has 1 amide bonds. The molecule has 1 aromatic carbocycles. The van der Waals surface area contributed by atoms with Crippen LogP contribution in [0, 0.1) is 17.0 Å². The van der Waals surface area contributed by atoms with Crippen LogP contribution in [0.3, 0.4) is 0 Å². The van der Waals surface area contributed by atoms with Crippen LogP contribution in [0.4, 0.5) is 5.69 Å². The molecule has 7 heteroatoms. The number of nitro groups is 1. The van der Waals surface area contributed by atoms with E-state index in [1.807, 2.05) is 0 Å². The number of hydrogen-bond acceptors (Lipinski definition) is 5. The smallest absolute Gasteiger partial charge is 0.328 e. The molecule has 1 atom stereocenters. The van der Waals surface area contributed by atoms with Gasteiger partial charge in [-0.05, 0) is 25.5 Å². The zero-order valence-electron chi connectivity index (χ0n) is 10.8. The van der Waals surface area contributed by atoms with Gasteiger partial charge in [-0.3, -0.25) is 14.9 Å². The topological polar surface area (TPSA) is 98.5 Å². The second kappa shape index (κ2) is 5.94. The fourth-order valence-electron chi connectivity index (χ4n) is 1.50. The normalized spacial score (nSPS) is 11.5. The van der Waals surface area contributed by atoms with Gasteiger partial charge in [-0.2, -0.15) is 0 Å². The van der Waals surface area contributed by atoms with Crippen molar-refractivity contribution in [3.63, 3.8) is 0 Å². The van der Waals surface area contributed by atoms with Crippen LogP contribution in [0.2, 0.25) is 0 Å². The van der Waals surface area contributed by atoms with Gasteiger partial charge in [0.05, 0.1) is 12.0 Å². The predicted octanol–water partition coefficient (Wildman–Crippen LogP) is 1.19. The summed E-state index contributed by atoms with van der Waals surface area (Å²) in [6.45, 7) is 3.15. The van der Waals surface area contributed by atoms with Gasteiger partial charge in [-0.15, -0.1) is 0 Å². The number of methoxy groups -OCH3 is 1. The second-order valence-electron chi connectivity index (χ2n) is 4.00. The first-order valence-electron chi connectivity index (χ1n) is 5.50. The van der Waals surface area contributed by atoms with Crippen molar-refractivity contribution in [3.8, 4) is 0 Å². The molecule has 0 aliphatic rings. The third kappa shape index (κ3) is 3.51. The fourth-order valence-corrected chi connectivity index (χ4v) is 1.50. The Kier molecular flexibility index (Phi) is 4.57. The minimum Gasteiger partial charge on any atom is -0.467 e. The number of esters is 1. The van der Waals surface area contributed by atoms with E-state index in [0.29, 0.717) is 5.56 Å². The number of aryl methyl sites for hydroxylation is 1. The second-order valence-corrected chi connectivity index (χ2v) is 4.00. The molecule has 0 saturated heterocycles. The summed E-state index contributed by atoms with van der Waals surface area (Å²) in [6.07, 6.45) is 0. The van der Waals surface area contributed by atoms with E-state index in [4.69, 9.17) is 0 Å². The Balaban J connectivity index is 3.02. The first-order chi connectivity index (χ1) is 8.86. The first kappa shape index (κ1) is 14.6. The summed E-state index contributed by atoms with van der Waals surface area (Å²) < 4.78 is 4.46. The molecular formula is C12H14N2O5. The number of rotatable bonds is 4. The van der Waals surface area contributed by atoms with E-state index >= 15 is 0 Å². The van der Waals surface area contributed by atoms with Gasteiger partial charge in [-0.1, -0.05) is 6.07 Å². The molecule has 0 spiro atoms. The summed E-state index contributed by atoms with van der Waals surface area (Å²) in [6, 6.07) is 3.32. The van der Waals surface area contributed by atoms with Crippen molar-refractivity contribution >= 4 is 17.6 Å². The molecule has 0 radical (unpaired) electrons. The summed E-state index contributed by atoms with van der Waals surface area (Å²) in [7, 11) is 1.19. The van der Waals surface area contributed by atoms with Crippen LogP contribution >= 0.6 is 0 Å². The summed E-state index contributed by atoms with van der Waals surface area (Å²) in [4.78, 5) is 33.3. The summed E-state index contributed by atoms with van der Waals surface area (Å²) in [5.74, 6) is -1.31. The molecule has 0 heterocycles. The zero-order valence-corrected chi connectivity index (χ0v) is 10.8. The van der Waals surface area contributed by atoms with Gasteiger partial charge in [0.1, 0.15) is 11.6 Å². The maximum Gasteiger partial charge on any atom is 0.328 e. The van der Waals surface area contributed by atoms with E-state index in [1.54, 1.807) is 13.0 Å². The van der Waals surface area contributed by atoms with Crippen LogP contribution in [0.1, 0.15) is 22.8 Å². The molecule has 102 valence electrons. The predicted molar refractivity (Wildman–Crippen MR) is 66.8 cm³/mol. The number of amides is 1. The molecule has 0 bridgehead atoms. The minimum atomic E-state index is -0.877. The Labute approximate surface area is 109 Å². The molecule has 0 aromatic heterocycles. The Morgan fingerprint density at radius 1 is 1.42 bits per heavy atom. The number of carbonyl (C=O) groups is 2. The van der Waals surface area contributed by atoms with Crippen LogP contribution in [-0.2, 0) is 9.53 Å². The van der Waals surface area contributed by atoms with E-state index in [1.165, 1.54) is 26.2 Å². The van der Waals surface area contributed by atoms with E-state index in [-0.39, 0.29) is 11.3 Å². The molecule has 7 nitrogen and oxygen atoms in total. The van der Waals surface area contributed by atoms with E-state index in [2.05, 4.69) is 10.1 Å². The Hall–Kier alpha value is -2.44. The average Bonchev–Trinajstić information content (AvgIpc) is 2.36. The van der Waals surface area contributed by atoms with Crippen LogP contribution < -0.4 is 5.32 Å². The van der Waals surface area contributed by atoms with Gasteiger partial charge in [0.25, 0.3) is 11.6 Å². The molecule has 19 heavy (non-hydrogen) atoms. The standard InChI is InChI=1S/C12H14N2O5/c1-7-4-5-10(14(17)18)9(6-7)11(15)13-8(2)12(16)19-3/h4-6,8H,1-3H3,(H,13,15). The third-order valence-corrected chi connectivity index (χ3v) is 2.50. The van der Waals surface area contributed by atoms with Crippen molar-refractivity contribution in [2.45, 2.75) is 19.9 Å². The van der Waals surface area contributed by atoms with Crippen molar-refractivity contribution in [1.82, 2.24) is 5.32 Å². The number of hydrogen-bond donors (Lipinski definition) is 1. The monoisotopic (exact) mass is 266 g/mol. The van der Waals surface area contributed by atoms with Gasteiger partial charge in [-0.25, -0.2) is 4.79 Å². The molecule has 0 saturated carbocycles. The first-order valence-corrected chi connectivity index (χ1v) is 5.50. The van der Waals surface area contributed by atoms with Crippen molar-refractivity contribution in [2.24, 2.45) is 0 Å². The van der Waals surface area contributed by atoms with Gasteiger partial charge in [0.15, 0.2) is 0 Å². The molecule has 1 aromatic rings. The fraction of sp³-hybridized carbons (Fsp3) is 0.333. The number of carbonyl (C=O) groups excluding carboxylic acids is 2. The van der Waals surface area contributed by atoms with Gasteiger partial charge in [0.2, 0.25) is 0 Å². The lowest BCUT2D eigenvalue weighted by molar-refractivity contribution is -0.385. The van der Waals surface area contributed by atoms with Gasteiger partial charge >= 0.3 is 5.97 Å². The third-order valence-electron chi connectivity index (χ3n) is 2.50. The molecule has 0 aliphatic carbocycles. The van der Waals surface area contributed by atoms with E-state index in [0.717, 1.165) is 0 Å².